The molecule has 4 heteroatoms. The number of pyridine rings is 1. The van der Waals surface area contributed by atoms with Gasteiger partial charge in [-0.2, -0.15) is 0 Å². The van der Waals surface area contributed by atoms with E-state index in [-0.39, 0.29) is 5.56 Å². The summed E-state index contributed by atoms with van der Waals surface area (Å²) in [6.45, 7) is 2.14. The fourth-order valence-corrected chi connectivity index (χ4v) is 2.97. The smallest absolute Gasteiger partial charge is 0.257 e. The zero-order chi connectivity index (χ0) is 13.9. The van der Waals surface area contributed by atoms with Gasteiger partial charge < -0.3 is 15.2 Å². The summed E-state index contributed by atoms with van der Waals surface area (Å²) in [7, 11) is 2.08. The third-order valence-electron chi connectivity index (χ3n) is 4.21. The second kappa shape index (κ2) is 5.67. The Morgan fingerprint density at radius 2 is 2.05 bits per heavy atom. The number of anilines is 1. The van der Waals surface area contributed by atoms with Crippen LogP contribution in [0.5, 0.6) is 0 Å². The normalized spacial score (nSPS) is 19.8. The molecule has 0 radical (unpaired) electrons. The molecule has 106 valence electrons. The van der Waals surface area contributed by atoms with Gasteiger partial charge in [0.2, 0.25) is 0 Å². The maximum atomic E-state index is 12.2. The van der Waals surface area contributed by atoms with Gasteiger partial charge in [-0.05, 0) is 49.9 Å². The van der Waals surface area contributed by atoms with Crippen LogP contribution in [-0.2, 0) is 0 Å². The van der Waals surface area contributed by atoms with Crippen LogP contribution in [-0.4, -0.2) is 31.2 Å². The number of benzene rings is 1. The third kappa shape index (κ3) is 2.56. The Kier molecular flexibility index (Phi) is 3.74. The van der Waals surface area contributed by atoms with Gasteiger partial charge in [-0.15, -0.1) is 0 Å². The summed E-state index contributed by atoms with van der Waals surface area (Å²) in [5.74, 6) is 0.917. The molecule has 0 amide bonds. The summed E-state index contributed by atoms with van der Waals surface area (Å²) in [5.41, 5.74) is -0.00306. The SMILES string of the molecule is CN(c1cc2ccccc2c(=O)[nH]1)C1CCCNCC1. The van der Waals surface area contributed by atoms with Crippen molar-refractivity contribution in [2.75, 3.05) is 25.0 Å². The van der Waals surface area contributed by atoms with Crippen molar-refractivity contribution >= 4 is 16.6 Å². The lowest BCUT2D eigenvalue weighted by Gasteiger charge is -2.28. The number of aromatic amines is 1. The van der Waals surface area contributed by atoms with Crippen LogP contribution in [0.1, 0.15) is 19.3 Å². The topological polar surface area (TPSA) is 48.1 Å². The molecule has 0 aliphatic carbocycles. The minimum Gasteiger partial charge on any atom is -0.358 e. The number of nitrogens with zero attached hydrogens (tertiary/aromatic N) is 1. The Morgan fingerprint density at radius 1 is 1.20 bits per heavy atom. The maximum absolute atomic E-state index is 12.2. The van der Waals surface area contributed by atoms with Crippen molar-refractivity contribution in [2.24, 2.45) is 0 Å². The van der Waals surface area contributed by atoms with Gasteiger partial charge in [0.25, 0.3) is 5.56 Å². The molecule has 2 heterocycles. The van der Waals surface area contributed by atoms with E-state index in [2.05, 4.69) is 28.3 Å². The third-order valence-corrected chi connectivity index (χ3v) is 4.21. The number of rotatable bonds is 2. The molecule has 1 aliphatic rings. The monoisotopic (exact) mass is 271 g/mol. The first-order valence-electron chi connectivity index (χ1n) is 7.31. The summed E-state index contributed by atoms with van der Waals surface area (Å²) in [5, 5.41) is 5.19. The van der Waals surface area contributed by atoms with Crippen LogP contribution in [0.2, 0.25) is 0 Å². The molecule has 2 aromatic rings. The van der Waals surface area contributed by atoms with E-state index in [4.69, 9.17) is 0 Å². The lowest BCUT2D eigenvalue weighted by atomic mass is 10.1. The van der Waals surface area contributed by atoms with Gasteiger partial charge in [0.05, 0.1) is 0 Å². The number of H-pyrrole nitrogens is 1. The standard InChI is InChI=1S/C16H21N3O/c1-19(13-6-4-9-17-10-8-13)15-11-12-5-2-3-7-14(12)16(20)18-15/h2-3,5,7,11,13,17H,4,6,8-10H2,1H3,(H,18,20). The molecule has 20 heavy (non-hydrogen) atoms. The number of aromatic nitrogens is 1. The molecule has 3 rings (SSSR count). The molecule has 1 aliphatic heterocycles. The van der Waals surface area contributed by atoms with Crippen molar-refractivity contribution in [3.05, 3.63) is 40.7 Å². The first-order chi connectivity index (χ1) is 9.75. The molecule has 0 spiro atoms. The van der Waals surface area contributed by atoms with Gasteiger partial charge in [-0.3, -0.25) is 4.79 Å². The summed E-state index contributed by atoms with van der Waals surface area (Å²) >= 11 is 0. The predicted molar refractivity (Wildman–Crippen MR) is 83.5 cm³/mol. The summed E-state index contributed by atoms with van der Waals surface area (Å²) in [6, 6.07) is 10.3. The molecular weight excluding hydrogens is 250 g/mol. The van der Waals surface area contributed by atoms with Gasteiger partial charge >= 0.3 is 0 Å². The van der Waals surface area contributed by atoms with Crippen LogP contribution < -0.4 is 15.8 Å². The lowest BCUT2D eigenvalue weighted by molar-refractivity contribution is 0.562. The average Bonchev–Trinajstić information content (AvgIpc) is 2.75. The van der Waals surface area contributed by atoms with Gasteiger partial charge in [0.1, 0.15) is 5.82 Å². The molecule has 1 unspecified atom stereocenters. The minimum absolute atomic E-state index is 0.00306. The fourth-order valence-electron chi connectivity index (χ4n) is 2.97. The van der Waals surface area contributed by atoms with Crippen LogP contribution in [0.15, 0.2) is 35.1 Å². The van der Waals surface area contributed by atoms with E-state index in [0.29, 0.717) is 6.04 Å². The molecular formula is C16H21N3O. The molecule has 0 saturated carbocycles. The van der Waals surface area contributed by atoms with E-state index in [0.717, 1.165) is 36.1 Å². The molecule has 1 aromatic heterocycles. The fraction of sp³-hybridized carbons (Fsp3) is 0.438. The van der Waals surface area contributed by atoms with E-state index < -0.39 is 0 Å². The molecule has 2 N–H and O–H groups in total. The molecule has 1 atom stereocenters. The first kappa shape index (κ1) is 13.2. The summed E-state index contributed by atoms with van der Waals surface area (Å²) < 4.78 is 0. The Labute approximate surface area is 118 Å². The maximum Gasteiger partial charge on any atom is 0.257 e. The van der Waals surface area contributed by atoms with E-state index in [1.807, 2.05) is 24.3 Å². The predicted octanol–water partition coefficient (Wildman–Crippen LogP) is 2.11. The van der Waals surface area contributed by atoms with Crippen molar-refractivity contribution in [1.82, 2.24) is 10.3 Å². The van der Waals surface area contributed by atoms with Crippen LogP contribution in [0.4, 0.5) is 5.82 Å². The molecule has 4 nitrogen and oxygen atoms in total. The molecule has 1 fully saturated rings. The lowest BCUT2D eigenvalue weighted by Crippen LogP contribution is -2.34. The molecule has 0 bridgehead atoms. The van der Waals surface area contributed by atoms with Crippen molar-refractivity contribution in [3.8, 4) is 0 Å². The van der Waals surface area contributed by atoms with Crippen LogP contribution in [0, 0.1) is 0 Å². The Morgan fingerprint density at radius 3 is 2.95 bits per heavy atom. The van der Waals surface area contributed by atoms with Crippen molar-refractivity contribution in [2.45, 2.75) is 25.3 Å². The van der Waals surface area contributed by atoms with E-state index in [9.17, 15) is 4.79 Å². The summed E-state index contributed by atoms with van der Waals surface area (Å²) in [6.07, 6.45) is 3.47. The summed E-state index contributed by atoms with van der Waals surface area (Å²) in [4.78, 5) is 17.4. The van der Waals surface area contributed by atoms with Crippen molar-refractivity contribution in [3.63, 3.8) is 0 Å². The Balaban J connectivity index is 1.94. The molecule has 1 saturated heterocycles. The van der Waals surface area contributed by atoms with Crippen LogP contribution in [0.3, 0.4) is 0 Å². The highest BCUT2D eigenvalue weighted by Gasteiger charge is 2.18. The number of hydrogen-bond acceptors (Lipinski definition) is 3. The van der Waals surface area contributed by atoms with Gasteiger partial charge in [-0.1, -0.05) is 18.2 Å². The van der Waals surface area contributed by atoms with E-state index in [1.165, 1.54) is 12.8 Å². The Bertz CT molecular complexity index is 641. The van der Waals surface area contributed by atoms with Gasteiger partial charge in [0, 0.05) is 18.5 Å². The highest BCUT2D eigenvalue weighted by atomic mass is 16.1. The molecule has 1 aromatic carbocycles. The second-order valence-corrected chi connectivity index (χ2v) is 5.52. The largest absolute Gasteiger partial charge is 0.358 e. The van der Waals surface area contributed by atoms with Crippen LogP contribution in [0.25, 0.3) is 10.8 Å². The van der Waals surface area contributed by atoms with E-state index in [1.54, 1.807) is 0 Å². The number of nitrogens with one attached hydrogen (secondary N) is 2. The van der Waals surface area contributed by atoms with Crippen molar-refractivity contribution < 1.29 is 0 Å². The second-order valence-electron chi connectivity index (χ2n) is 5.52. The average molecular weight is 271 g/mol. The van der Waals surface area contributed by atoms with Crippen molar-refractivity contribution in [1.29, 1.82) is 0 Å². The zero-order valence-electron chi connectivity index (χ0n) is 11.9. The first-order valence-corrected chi connectivity index (χ1v) is 7.31. The number of hydrogen-bond donors (Lipinski definition) is 2. The Hall–Kier alpha value is -1.81. The minimum atomic E-state index is -0.00306. The number of fused-ring (bicyclic) bond motifs is 1. The van der Waals surface area contributed by atoms with Gasteiger partial charge in [-0.25, -0.2) is 0 Å². The quantitative estimate of drug-likeness (QED) is 0.879. The van der Waals surface area contributed by atoms with Gasteiger partial charge in [0.15, 0.2) is 0 Å². The van der Waals surface area contributed by atoms with E-state index >= 15 is 0 Å². The zero-order valence-corrected chi connectivity index (χ0v) is 11.9. The highest BCUT2D eigenvalue weighted by Crippen LogP contribution is 2.20. The highest BCUT2D eigenvalue weighted by molar-refractivity contribution is 5.83. The van der Waals surface area contributed by atoms with Crippen LogP contribution >= 0.6 is 0 Å².